The zero-order valence-electron chi connectivity index (χ0n) is 15.7. The third-order valence-corrected chi connectivity index (χ3v) is 6.47. The molecule has 8 nitrogen and oxygen atoms in total. The van der Waals surface area contributed by atoms with E-state index in [1.165, 1.54) is 34.9 Å². The van der Waals surface area contributed by atoms with Gasteiger partial charge in [0, 0.05) is 32.4 Å². The van der Waals surface area contributed by atoms with Crippen LogP contribution in [0.3, 0.4) is 0 Å². The molecule has 0 aliphatic carbocycles. The Morgan fingerprint density at radius 1 is 1.26 bits per heavy atom. The van der Waals surface area contributed by atoms with Gasteiger partial charge in [-0.1, -0.05) is 18.3 Å². The van der Waals surface area contributed by atoms with Crippen molar-refractivity contribution in [2.24, 2.45) is 5.92 Å². The fourth-order valence-electron chi connectivity index (χ4n) is 3.69. The number of carbonyl (C=O) groups excluding carboxylic acids is 1. The van der Waals surface area contributed by atoms with Crippen LogP contribution in [-0.2, 0) is 0 Å². The molecule has 0 saturated carbocycles. The van der Waals surface area contributed by atoms with Gasteiger partial charge in [-0.2, -0.15) is 4.52 Å². The minimum Gasteiger partial charge on any atom is -0.351 e. The predicted octanol–water partition coefficient (Wildman–Crippen LogP) is 1.21. The molecule has 4 heterocycles. The van der Waals surface area contributed by atoms with E-state index >= 15 is 0 Å². The SMILES string of the molecule is CC1CCN(c2nn3c(=O)c(C(=O)NCCN4CCCC4)cnc3s2)CC1. The first-order valence-corrected chi connectivity index (χ1v) is 10.6. The van der Waals surface area contributed by atoms with Crippen LogP contribution in [0, 0.1) is 5.92 Å². The lowest BCUT2D eigenvalue weighted by Gasteiger charge is -2.29. The fraction of sp³-hybridized carbons (Fsp3) is 0.667. The first-order valence-electron chi connectivity index (χ1n) is 9.76. The maximum absolute atomic E-state index is 12.7. The van der Waals surface area contributed by atoms with E-state index in [9.17, 15) is 9.59 Å². The van der Waals surface area contributed by atoms with Crippen molar-refractivity contribution >= 4 is 27.3 Å². The second-order valence-corrected chi connectivity index (χ2v) is 8.46. The lowest BCUT2D eigenvalue weighted by atomic mass is 10.00. The number of hydrogen-bond donors (Lipinski definition) is 1. The number of anilines is 1. The normalized spacial score (nSPS) is 19.1. The molecule has 0 bridgehead atoms. The van der Waals surface area contributed by atoms with Crippen LogP contribution in [0.25, 0.3) is 4.96 Å². The van der Waals surface area contributed by atoms with Crippen LogP contribution < -0.4 is 15.8 Å². The van der Waals surface area contributed by atoms with Crippen molar-refractivity contribution in [2.45, 2.75) is 32.6 Å². The molecule has 0 aromatic carbocycles. The molecule has 0 atom stereocenters. The van der Waals surface area contributed by atoms with E-state index in [0.29, 0.717) is 11.5 Å². The molecule has 2 aromatic rings. The van der Waals surface area contributed by atoms with Crippen LogP contribution in [0.4, 0.5) is 5.13 Å². The molecule has 0 unspecified atom stereocenters. The average molecular weight is 391 g/mol. The second-order valence-electron chi connectivity index (χ2n) is 7.53. The molecule has 146 valence electrons. The van der Waals surface area contributed by atoms with E-state index in [-0.39, 0.29) is 11.5 Å². The van der Waals surface area contributed by atoms with Gasteiger partial charge < -0.3 is 15.1 Å². The first kappa shape index (κ1) is 18.4. The van der Waals surface area contributed by atoms with Crippen molar-refractivity contribution in [3.63, 3.8) is 0 Å². The van der Waals surface area contributed by atoms with Gasteiger partial charge in [0.15, 0.2) is 0 Å². The second kappa shape index (κ2) is 7.93. The van der Waals surface area contributed by atoms with Crippen LogP contribution >= 0.6 is 11.3 Å². The van der Waals surface area contributed by atoms with Crippen LogP contribution in [0.2, 0.25) is 0 Å². The average Bonchev–Trinajstić information content (AvgIpc) is 3.32. The molecule has 27 heavy (non-hydrogen) atoms. The van der Waals surface area contributed by atoms with Crippen LogP contribution in [0.5, 0.6) is 0 Å². The molecule has 4 rings (SSSR count). The summed E-state index contributed by atoms with van der Waals surface area (Å²) in [4.78, 5) is 34.5. The van der Waals surface area contributed by atoms with Gasteiger partial charge in [0.1, 0.15) is 5.56 Å². The van der Waals surface area contributed by atoms with Crippen molar-refractivity contribution in [3.8, 4) is 0 Å². The summed E-state index contributed by atoms with van der Waals surface area (Å²) in [6, 6.07) is 0. The standard InChI is InChI=1S/C18H26N6O2S/c1-13-4-9-23(10-5-13)18-21-24-16(26)14(12-20-17(24)27-18)15(25)19-6-11-22-7-2-3-8-22/h12-13H,2-11H2,1H3,(H,19,25). The summed E-state index contributed by atoms with van der Waals surface area (Å²) in [6.07, 6.45) is 6.07. The summed E-state index contributed by atoms with van der Waals surface area (Å²) in [5.74, 6) is 0.356. The number of aromatic nitrogens is 3. The Morgan fingerprint density at radius 3 is 2.74 bits per heavy atom. The van der Waals surface area contributed by atoms with Crippen molar-refractivity contribution in [1.29, 1.82) is 0 Å². The molecule has 1 N–H and O–H groups in total. The largest absolute Gasteiger partial charge is 0.351 e. The summed E-state index contributed by atoms with van der Waals surface area (Å²) in [7, 11) is 0. The van der Waals surface area contributed by atoms with Crippen molar-refractivity contribution < 1.29 is 4.79 Å². The monoisotopic (exact) mass is 390 g/mol. The topological polar surface area (TPSA) is 82.8 Å². The zero-order valence-corrected chi connectivity index (χ0v) is 16.5. The number of rotatable bonds is 5. The number of nitrogens with zero attached hydrogens (tertiary/aromatic N) is 5. The highest BCUT2D eigenvalue weighted by Crippen LogP contribution is 2.26. The molecular formula is C18H26N6O2S. The van der Waals surface area contributed by atoms with Gasteiger partial charge in [-0.25, -0.2) is 4.98 Å². The fourth-order valence-corrected chi connectivity index (χ4v) is 4.60. The van der Waals surface area contributed by atoms with E-state index in [4.69, 9.17) is 0 Å². The highest BCUT2D eigenvalue weighted by molar-refractivity contribution is 7.20. The Bertz CT molecular complexity index is 864. The Kier molecular flexibility index (Phi) is 5.40. The first-order chi connectivity index (χ1) is 13.1. The third kappa shape index (κ3) is 3.98. The molecule has 2 aliphatic heterocycles. The summed E-state index contributed by atoms with van der Waals surface area (Å²) < 4.78 is 1.27. The summed E-state index contributed by atoms with van der Waals surface area (Å²) in [6.45, 7) is 7.67. The molecule has 2 aromatic heterocycles. The summed E-state index contributed by atoms with van der Waals surface area (Å²) in [5, 5.41) is 8.09. The maximum atomic E-state index is 12.7. The van der Waals surface area contributed by atoms with Crippen LogP contribution in [0.1, 0.15) is 43.0 Å². The van der Waals surface area contributed by atoms with Gasteiger partial charge in [-0.15, -0.1) is 5.10 Å². The third-order valence-electron chi connectivity index (χ3n) is 5.49. The minimum atomic E-state index is -0.397. The molecular weight excluding hydrogens is 364 g/mol. The lowest BCUT2D eigenvalue weighted by Crippen LogP contribution is -2.36. The number of piperidine rings is 1. The smallest absolute Gasteiger partial charge is 0.288 e. The number of carbonyl (C=O) groups is 1. The number of nitrogens with one attached hydrogen (secondary N) is 1. The molecule has 1 amide bonds. The van der Waals surface area contributed by atoms with Gasteiger partial charge in [0.05, 0.1) is 0 Å². The molecule has 2 fully saturated rings. The summed E-state index contributed by atoms with van der Waals surface area (Å²) >= 11 is 1.40. The number of fused-ring (bicyclic) bond motifs is 1. The molecule has 0 radical (unpaired) electrons. The van der Waals surface area contributed by atoms with Crippen LogP contribution in [0.15, 0.2) is 11.0 Å². The van der Waals surface area contributed by atoms with E-state index in [1.807, 2.05) is 0 Å². The minimum absolute atomic E-state index is 0.0537. The van der Waals surface area contributed by atoms with Gasteiger partial charge in [0.2, 0.25) is 10.1 Å². The Labute approximate surface area is 162 Å². The molecule has 9 heteroatoms. The van der Waals surface area contributed by atoms with Crippen molar-refractivity contribution in [3.05, 3.63) is 22.1 Å². The van der Waals surface area contributed by atoms with Gasteiger partial charge in [-0.05, 0) is 44.7 Å². The zero-order chi connectivity index (χ0) is 18.8. The summed E-state index contributed by atoms with van der Waals surface area (Å²) in [5.41, 5.74) is -0.343. The van der Waals surface area contributed by atoms with Crippen LogP contribution in [-0.4, -0.2) is 64.7 Å². The van der Waals surface area contributed by atoms with Gasteiger partial charge in [0.25, 0.3) is 11.5 Å². The molecule has 2 saturated heterocycles. The van der Waals surface area contributed by atoms with E-state index in [0.717, 1.165) is 56.6 Å². The van der Waals surface area contributed by atoms with E-state index < -0.39 is 5.56 Å². The van der Waals surface area contributed by atoms with Gasteiger partial charge >= 0.3 is 0 Å². The van der Waals surface area contributed by atoms with E-state index in [2.05, 4.69) is 32.1 Å². The quantitative estimate of drug-likeness (QED) is 0.826. The maximum Gasteiger partial charge on any atom is 0.288 e. The number of likely N-dealkylation sites (tertiary alicyclic amines) is 1. The van der Waals surface area contributed by atoms with Gasteiger partial charge in [-0.3, -0.25) is 9.59 Å². The van der Waals surface area contributed by atoms with Crippen molar-refractivity contribution in [1.82, 2.24) is 24.8 Å². The highest BCUT2D eigenvalue weighted by Gasteiger charge is 2.21. The Morgan fingerprint density at radius 2 is 2.00 bits per heavy atom. The predicted molar refractivity (Wildman–Crippen MR) is 106 cm³/mol. The van der Waals surface area contributed by atoms with E-state index in [1.54, 1.807) is 0 Å². The Balaban J connectivity index is 1.46. The number of amides is 1. The Hall–Kier alpha value is -2.00. The highest BCUT2D eigenvalue weighted by atomic mass is 32.1. The number of hydrogen-bond acceptors (Lipinski definition) is 7. The van der Waals surface area contributed by atoms with Crippen molar-refractivity contribution in [2.75, 3.05) is 44.2 Å². The molecule has 0 spiro atoms. The molecule has 2 aliphatic rings. The lowest BCUT2D eigenvalue weighted by molar-refractivity contribution is 0.0947.